The van der Waals surface area contributed by atoms with Gasteiger partial charge in [0.25, 0.3) is 0 Å². The Morgan fingerprint density at radius 3 is 2.70 bits per heavy atom. The van der Waals surface area contributed by atoms with Gasteiger partial charge in [-0.05, 0) is 41.3 Å². The molecule has 0 fully saturated rings. The minimum atomic E-state index is -1.39. The first-order valence-electron chi connectivity index (χ1n) is 8.93. The number of hydrogen-bond donors (Lipinski definition) is 2. The molecule has 0 aromatic heterocycles. The first-order chi connectivity index (χ1) is 12.8. The standard InChI is InChI=1S/C21H27BrO5/c1-3-4-5-6-7-8-14-21(26)15-18(22)20(25)17(21)11-9-10-16(23)12-13-19(24)27-2/h4-5,7-11,15-16,23,26H,3,6,12-14H2,1-2H3. The molecule has 0 saturated heterocycles. The highest BCUT2D eigenvalue weighted by molar-refractivity contribution is 9.12. The van der Waals surface area contributed by atoms with Gasteiger partial charge < -0.3 is 14.9 Å². The second-order valence-corrected chi connectivity index (χ2v) is 7.04. The molecule has 0 spiro atoms. The maximum Gasteiger partial charge on any atom is 0.305 e. The van der Waals surface area contributed by atoms with Gasteiger partial charge in [0.2, 0.25) is 0 Å². The highest BCUT2D eigenvalue weighted by atomic mass is 79.9. The van der Waals surface area contributed by atoms with E-state index in [1.54, 1.807) is 0 Å². The summed E-state index contributed by atoms with van der Waals surface area (Å²) in [5.41, 5.74) is -1.15. The smallest absolute Gasteiger partial charge is 0.305 e. The molecule has 2 atom stereocenters. The number of rotatable bonds is 10. The molecular weight excluding hydrogens is 412 g/mol. The zero-order valence-electron chi connectivity index (χ0n) is 15.7. The Hall–Kier alpha value is -1.76. The molecule has 2 N–H and O–H groups in total. The van der Waals surface area contributed by atoms with Crippen LogP contribution in [0.1, 0.15) is 39.0 Å². The molecule has 0 aromatic rings. The average molecular weight is 439 g/mol. The van der Waals surface area contributed by atoms with Crippen LogP contribution in [0.4, 0.5) is 0 Å². The Bertz CT molecular complexity index is 672. The van der Waals surface area contributed by atoms with Crippen molar-refractivity contribution in [3.63, 3.8) is 0 Å². The third kappa shape index (κ3) is 7.79. The minimum Gasteiger partial charge on any atom is -0.469 e. The number of ether oxygens (including phenoxy) is 1. The van der Waals surface area contributed by atoms with Gasteiger partial charge in [0, 0.05) is 18.4 Å². The number of methoxy groups -OCH3 is 1. The molecule has 5 nitrogen and oxygen atoms in total. The number of allylic oxidation sites excluding steroid dienone is 6. The number of Topliss-reactive ketones (excluding diaryl/α,β-unsaturated/α-hetero) is 1. The van der Waals surface area contributed by atoms with E-state index in [2.05, 4.69) is 33.7 Å². The lowest BCUT2D eigenvalue weighted by Crippen LogP contribution is -2.27. The van der Waals surface area contributed by atoms with Gasteiger partial charge in [-0.25, -0.2) is 0 Å². The summed E-state index contributed by atoms with van der Waals surface area (Å²) < 4.78 is 4.84. The van der Waals surface area contributed by atoms with E-state index >= 15 is 0 Å². The Kier molecular flexibility index (Phi) is 10.2. The van der Waals surface area contributed by atoms with Gasteiger partial charge >= 0.3 is 5.97 Å². The number of halogens is 1. The molecule has 27 heavy (non-hydrogen) atoms. The van der Waals surface area contributed by atoms with E-state index in [-0.39, 0.29) is 30.6 Å². The van der Waals surface area contributed by atoms with Gasteiger partial charge in [-0.1, -0.05) is 49.5 Å². The van der Waals surface area contributed by atoms with Gasteiger partial charge in [0.1, 0.15) is 5.60 Å². The van der Waals surface area contributed by atoms with Gasteiger partial charge in [0.05, 0.1) is 17.7 Å². The molecule has 1 aliphatic rings. The predicted molar refractivity (Wildman–Crippen MR) is 109 cm³/mol. The van der Waals surface area contributed by atoms with Gasteiger partial charge in [-0.3, -0.25) is 9.59 Å². The molecule has 0 saturated carbocycles. The molecule has 0 bridgehead atoms. The van der Waals surface area contributed by atoms with Crippen LogP contribution in [0.25, 0.3) is 0 Å². The van der Waals surface area contributed by atoms with E-state index < -0.39 is 17.7 Å². The van der Waals surface area contributed by atoms with Gasteiger partial charge in [-0.15, -0.1) is 0 Å². The SMILES string of the molecule is CCC=CCC=CCC1(O)C=C(Br)C(=O)C1=CC=CC(O)CCC(=O)OC. The van der Waals surface area contributed by atoms with Crippen LogP contribution >= 0.6 is 15.9 Å². The summed E-state index contributed by atoms with van der Waals surface area (Å²) in [4.78, 5) is 23.4. The van der Waals surface area contributed by atoms with Crippen LogP contribution in [0.15, 0.2) is 58.7 Å². The van der Waals surface area contributed by atoms with Crippen molar-refractivity contribution in [2.24, 2.45) is 0 Å². The van der Waals surface area contributed by atoms with Crippen molar-refractivity contribution in [3.8, 4) is 0 Å². The number of aliphatic hydroxyl groups excluding tert-OH is 1. The maximum atomic E-state index is 12.3. The Labute approximate surface area is 168 Å². The fourth-order valence-corrected chi connectivity index (χ4v) is 3.10. The van der Waals surface area contributed by atoms with Crippen molar-refractivity contribution in [1.29, 1.82) is 0 Å². The summed E-state index contributed by atoms with van der Waals surface area (Å²) in [6, 6.07) is 0. The van der Waals surface area contributed by atoms with E-state index in [0.717, 1.165) is 12.8 Å². The van der Waals surface area contributed by atoms with Crippen LogP contribution in [0.3, 0.4) is 0 Å². The highest BCUT2D eigenvalue weighted by Crippen LogP contribution is 2.36. The fraction of sp³-hybridized carbons (Fsp3) is 0.429. The summed E-state index contributed by atoms with van der Waals surface area (Å²) in [5.74, 6) is -0.680. The highest BCUT2D eigenvalue weighted by Gasteiger charge is 2.39. The first kappa shape index (κ1) is 23.3. The molecule has 0 aliphatic heterocycles. The molecule has 0 amide bonds. The summed E-state index contributed by atoms with van der Waals surface area (Å²) in [7, 11) is 1.29. The molecule has 0 heterocycles. The van der Waals surface area contributed by atoms with Gasteiger partial charge in [0.15, 0.2) is 5.78 Å². The number of carbonyl (C=O) groups is 2. The van der Waals surface area contributed by atoms with Crippen molar-refractivity contribution in [1.82, 2.24) is 0 Å². The van der Waals surface area contributed by atoms with Crippen LogP contribution in [0, 0.1) is 0 Å². The molecule has 6 heteroatoms. The van der Waals surface area contributed by atoms with Crippen LogP contribution in [0.2, 0.25) is 0 Å². The van der Waals surface area contributed by atoms with E-state index in [1.165, 1.54) is 31.4 Å². The molecule has 2 unspecified atom stereocenters. The average Bonchev–Trinajstić information content (AvgIpc) is 2.85. The van der Waals surface area contributed by atoms with E-state index in [1.807, 2.05) is 18.2 Å². The van der Waals surface area contributed by atoms with E-state index in [0.29, 0.717) is 4.48 Å². The lowest BCUT2D eigenvalue weighted by molar-refractivity contribution is -0.141. The molecule has 0 radical (unpaired) electrons. The molecule has 0 aromatic carbocycles. The summed E-state index contributed by atoms with van der Waals surface area (Å²) in [6.45, 7) is 2.06. The van der Waals surface area contributed by atoms with Crippen LogP contribution in [-0.4, -0.2) is 40.8 Å². The van der Waals surface area contributed by atoms with Crippen LogP contribution < -0.4 is 0 Å². The fourth-order valence-electron chi connectivity index (χ4n) is 2.51. The zero-order valence-corrected chi connectivity index (χ0v) is 17.3. The first-order valence-corrected chi connectivity index (χ1v) is 9.72. The van der Waals surface area contributed by atoms with Crippen LogP contribution in [0.5, 0.6) is 0 Å². The number of carbonyl (C=O) groups excluding carboxylic acids is 2. The summed E-state index contributed by atoms with van der Waals surface area (Å²) in [5, 5.41) is 20.7. The zero-order chi connectivity index (χ0) is 20.3. The quantitative estimate of drug-likeness (QED) is 0.308. The molecule has 1 rings (SSSR count). The number of hydrogen-bond acceptors (Lipinski definition) is 5. The van der Waals surface area contributed by atoms with E-state index in [4.69, 9.17) is 0 Å². The summed E-state index contributed by atoms with van der Waals surface area (Å²) in [6.07, 6.45) is 15.4. The summed E-state index contributed by atoms with van der Waals surface area (Å²) >= 11 is 3.18. The maximum absolute atomic E-state index is 12.3. The molecule has 148 valence electrons. The number of ketones is 1. The second kappa shape index (κ2) is 11.8. The van der Waals surface area contributed by atoms with Crippen LogP contribution in [-0.2, 0) is 14.3 Å². The topological polar surface area (TPSA) is 83.8 Å². The largest absolute Gasteiger partial charge is 0.469 e. The van der Waals surface area contributed by atoms with Crippen molar-refractivity contribution < 1.29 is 24.5 Å². The normalized spacial score (nSPS) is 23.1. The van der Waals surface area contributed by atoms with E-state index in [9.17, 15) is 19.8 Å². The second-order valence-electron chi connectivity index (χ2n) is 6.18. The Morgan fingerprint density at radius 1 is 1.33 bits per heavy atom. The number of esters is 1. The minimum absolute atomic E-state index is 0.103. The van der Waals surface area contributed by atoms with Crippen molar-refractivity contribution >= 4 is 27.7 Å². The third-order valence-corrected chi connectivity index (χ3v) is 4.62. The van der Waals surface area contributed by atoms with Crippen molar-refractivity contribution in [3.05, 3.63) is 58.7 Å². The third-order valence-electron chi connectivity index (χ3n) is 4.03. The Morgan fingerprint density at radius 2 is 2.04 bits per heavy atom. The van der Waals surface area contributed by atoms with Gasteiger partial charge in [-0.2, -0.15) is 0 Å². The lowest BCUT2D eigenvalue weighted by atomic mass is 9.92. The molecular formula is C21H27BrO5. The molecule has 1 aliphatic carbocycles. The monoisotopic (exact) mass is 438 g/mol. The number of aliphatic hydroxyl groups is 2. The van der Waals surface area contributed by atoms with Crippen molar-refractivity contribution in [2.45, 2.75) is 50.7 Å². The predicted octanol–water partition coefficient (Wildman–Crippen LogP) is 3.68. The lowest BCUT2D eigenvalue weighted by Gasteiger charge is -2.20. The van der Waals surface area contributed by atoms with Crippen molar-refractivity contribution in [2.75, 3.05) is 7.11 Å². The Balaban J connectivity index is 2.75.